The molecule has 0 aliphatic heterocycles. The van der Waals surface area contributed by atoms with Crippen LogP contribution in [0.4, 0.5) is 0 Å². The number of ether oxygens (including phenoxy) is 2. The quantitative estimate of drug-likeness (QED) is 0.693. The van der Waals surface area contributed by atoms with Crippen LogP contribution in [0.2, 0.25) is 0 Å². The van der Waals surface area contributed by atoms with Crippen molar-refractivity contribution in [2.24, 2.45) is 0 Å². The van der Waals surface area contributed by atoms with E-state index in [1.807, 2.05) is 39.0 Å². The highest BCUT2D eigenvalue weighted by Gasteiger charge is 2.18. The molecule has 152 valence electrons. The van der Waals surface area contributed by atoms with Crippen molar-refractivity contribution in [3.63, 3.8) is 0 Å². The molecule has 0 fully saturated rings. The fraction of sp³-hybridized carbons (Fsp3) is 0.318. The smallest absolute Gasteiger partial charge is 0.258 e. The SMILES string of the molecule is CCN(Cc1nc2cc(OC)c(OC)cc2c(=O)[nH]1)C(=O)c1cc(C)cc(C)c1. The maximum atomic E-state index is 13.0. The molecule has 0 spiro atoms. The first kappa shape index (κ1) is 20.4. The minimum absolute atomic E-state index is 0.102. The van der Waals surface area contributed by atoms with Gasteiger partial charge in [-0.05, 0) is 39.0 Å². The first-order valence-electron chi connectivity index (χ1n) is 9.38. The summed E-state index contributed by atoms with van der Waals surface area (Å²) in [5.41, 5.74) is 2.88. The number of nitrogens with zero attached hydrogens (tertiary/aromatic N) is 2. The molecule has 0 aliphatic rings. The molecule has 0 saturated carbocycles. The molecule has 7 heteroatoms. The normalized spacial score (nSPS) is 10.8. The Bertz CT molecular complexity index is 1100. The van der Waals surface area contributed by atoms with E-state index in [-0.39, 0.29) is 18.0 Å². The molecule has 2 aromatic carbocycles. The lowest BCUT2D eigenvalue weighted by Crippen LogP contribution is -2.32. The summed E-state index contributed by atoms with van der Waals surface area (Å²) in [6.07, 6.45) is 0. The monoisotopic (exact) mass is 395 g/mol. The Balaban J connectivity index is 1.97. The zero-order valence-corrected chi connectivity index (χ0v) is 17.3. The minimum Gasteiger partial charge on any atom is -0.493 e. The Morgan fingerprint density at radius 2 is 1.66 bits per heavy atom. The van der Waals surface area contributed by atoms with Gasteiger partial charge < -0.3 is 19.4 Å². The van der Waals surface area contributed by atoms with Gasteiger partial charge >= 0.3 is 0 Å². The molecule has 1 amide bonds. The van der Waals surface area contributed by atoms with Gasteiger partial charge in [0.05, 0.1) is 31.7 Å². The fourth-order valence-electron chi connectivity index (χ4n) is 3.38. The van der Waals surface area contributed by atoms with Crippen LogP contribution in [-0.2, 0) is 6.54 Å². The third-order valence-electron chi connectivity index (χ3n) is 4.74. The van der Waals surface area contributed by atoms with Crippen LogP contribution >= 0.6 is 0 Å². The summed E-state index contributed by atoms with van der Waals surface area (Å²) in [7, 11) is 3.04. The van der Waals surface area contributed by atoms with E-state index in [9.17, 15) is 9.59 Å². The van der Waals surface area contributed by atoms with Gasteiger partial charge in [0.1, 0.15) is 5.82 Å². The molecule has 0 saturated heterocycles. The van der Waals surface area contributed by atoms with Crippen molar-refractivity contribution in [3.8, 4) is 11.5 Å². The van der Waals surface area contributed by atoms with Crippen LogP contribution in [-0.4, -0.2) is 41.5 Å². The molecular weight excluding hydrogens is 370 g/mol. The van der Waals surface area contributed by atoms with Crippen molar-refractivity contribution in [1.29, 1.82) is 0 Å². The molecule has 3 aromatic rings. The van der Waals surface area contributed by atoms with Crippen molar-refractivity contribution in [2.45, 2.75) is 27.3 Å². The predicted molar refractivity (Wildman–Crippen MR) is 112 cm³/mol. The molecule has 0 bridgehead atoms. The van der Waals surface area contributed by atoms with Gasteiger partial charge in [0, 0.05) is 18.2 Å². The summed E-state index contributed by atoms with van der Waals surface area (Å²) in [4.78, 5) is 34.5. The van der Waals surface area contributed by atoms with Gasteiger partial charge in [-0.25, -0.2) is 4.98 Å². The Kier molecular flexibility index (Phi) is 5.87. The Morgan fingerprint density at radius 1 is 1.03 bits per heavy atom. The van der Waals surface area contributed by atoms with Crippen molar-refractivity contribution >= 4 is 16.8 Å². The van der Waals surface area contributed by atoms with E-state index in [1.165, 1.54) is 14.2 Å². The summed E-state index contributed by atoms with van der Waals surface area (Å²) in [6, 6.07) is 9.02. The van der Waals surface area contributed by atoms with E-state index in [2.05, 4.69) is 9.97 Å². The fourth-order valence-corrected chi connectivity index (χ4v) is 3.38. The Morgan fingerprint density at radius 3 is 2.24 bits per heavy atom. The van der Waals surface area contributed by atoms with Crippen LogP contribution in [0.25, 0.3) is 10.9 Å². The standard InChI is InChI=1S/C22H25N3O4/c1-6-25(22(27)15-8-13(2)7-14(3)9-15)12-20-23-17-11-19(29-5)18(28-4)10-16(17)21(26)24-20/h7-11H,6,12H2,1-5H3,(H,23,24,26). The van der Waals surface area contributed by atoms with E-state index in [0.29, 0.717) is 40.3 Å². The number of rotatable bonds is 6. The molecule has 0 aliphatic carbocycles. The molecule has 7 nitrogen and oxygen atoms in total. The largest absolute Gasteiger partial charge is 0.493 e. The van der Waals surface area contributed by atoms with Crippen LogP contribution in [0.5, 0.6) is 11.5 Å². The van der Waals surface area contributed by atoms with Gasteiger partial charge in [0.15, 0.2) is 11.5 Å². The molecule has 1 heterocycles. The highest BCUT2D eigenvalue weighted by atomic mass is 16.5. The van der Waals surface area contributed by atoms with Crippen molar-refractivity contribution in [2.75, 3.05) is 20.8 Å². The zero-order valence-electron chi connectivity index (χ0n) is 17.3. The third-order valence-corrected chi connectivity index (χ3v) is 4.74. The van der Waals surface area contributed by atoms with Crippen molar-refractivity contribution in [1.82, 2.24) is 14.9 Å². The van der Waals surface area contributed by atoms with Gasteiger partial charge in [0.25, 0.3) is 11.5 Å². The number of benzene rings is 2. The molecule has 1 N–H and O–H groups in total. The summed E-state index contributed by atoms with van der Waals surface area (Å²) in [6.45, 7) is 6.50. The molecule has 1 aromatic heterocycles. The second-order valence-electron chi connectivity index (χ2n) is 6.93. The van der Waals surface area contributed by atoms with E-state index >= 15 is 0 Å². The van der Waals surface area contributed by atoms with Crippen LogP contribution in [0, 0.1) is 13.8 Å². The van der Waals surface area contributed by atoms with E-state index in [4.69, 9.17) is 9.47 Å². The predicted octanol–water partition coefficient (Wildman–Crippen LogP) is 3.22. The van der Waals surface area contributed by atoms with Crippen LogP contribution in [0.3, 0.4) is 0 Å². The lowest BCUT2D eigenvalue weighted by molar-refractivity contribution is 0.0748. The highest BCUT2D eigenvalue weighted by Crippen LogP contribution is 2.30. The topological polar surface area (TPSA) is 84.5 Å². The van der Waals surface area contributed by atoms with Gasteiger partial charge in [0.2, 0.25) is 0 Å². The number of methoxy groups -OCH3 is 2. The van der Waals surface area contributed by atoms with Crippen LogP contribution < -0.4 is 15.0 Å². The Labute approximate surface area is 169 Å². The average Bonchev–Trinajstić information content (AvgIpc) is 2.69. The number of carbonyl (C=O) groups is 1. The number of carbonyl (C=O) groups excluding carboxylic acids is 1. The molecular formula is C22H25N3O4. The lowest BCUT2D eigenvalue weighted by Gasteiger charge is -2.21. The number of hydrogen-bond acceptors (Lipinski definition) is 5. The zero-order chi connectivity index (χ0) is 21.1. The molecule has 3 rings (SSSR count). The lowest BCUT2D eigenvalue weighted by atomic mass is 10.1. The second kappa shape index (κ2) is 8.34. The summed E-state index contributed by atoms with van der Waals surface area (Å²) < 4.78 is 10.6. The third kappa shape index (κ3) is 4.23. The molecule has 0 radical (unpaired) electrons. The minimum atomic E-state index is -0.291. The maximum Gasteiger partial charge on any atom is 0.258 e. The second-order valence-corrected chi connectivity index (χ2v) is 6.93. The first-order chi connectivity index (χ1) is 13.9. The molecule has 0 unspecified atom stereocenters. The number of H-pyrrole nitrogens is 1. The van der Waals surface area contributed by atoms with Crippen LogP contribution in [0.1, 0.15) is 34.2 Å². The van der Waals surface area contributed by atoms with Crippen LogP contribution in [0.15, 0.2) is 35.1 Å². The summed E-state index contributed by atoms with van der Waals surface area (Å²) in [5.74, 6) is 1.26. The van der Waals surface area contributed by atoms with E-state index in [0.717, 1.165) is 11.1 Å². The number of fused-ring (bicyclic) bond motifs is 1. The number of nitrogens with one attached hydrogen (secondary N) is 1. The van der Waals surface area contributed by atoms with Crippen molar-refractivity contribution < 1.29 is 14.3 Å². The van der Waals surface area contributed by atoms with E-state index in [1.54, 1.807) is 17.0 Å². The Hall–Kier alpha value is -3.35. The van der Waals surface area contributed by atoms with Gasteiger partial charge in [-0.15, -0.1) is 0 Å². The van der Waals surface area contributed by atoms with Gasteiger partial charge in [-0.1, -0.05) is 17.2 Å². The molecule has 0 atom stereocenters. The first-order valence-corrected chi connectivity index (χ1v) is 9.38. The molecule has 29 heavy (non-hydrogen) atoms. The highest BCUT2D eigenvalue weighted by molar-refractivity contribution is 5.94. The number of hydrogen-bond donors (Lipinski definition) is 1. The van der Waals surface area contributed by atoms with Crippen molar-refractivity contribution in [3.05, 3.63) is 63.2 Å². The number of aromatic nitrogens is 2. The number of amides is 1. The number of aromatic amines is 1. The number of aryl methyl sites for hydroxylation is 2. The maximum absolute atomic E-state index is 13.0. The van der Waals surface area contributed by atoms with Gasteiger partial charge in [-0.3, -0.25) is 9.59 Å². The summed E-state index contributed by atoms with van der Waals surface area (Å²) in [5, 5.41) is 0.398. The average molecular weight is 395 g/mol. The van der Waals surface area contributed by atoms with E-state index < -0.39 is 0 Å². The van der Waals surface area contributed by atoms with Gasteiger partial charge in [-0.2, -0.15) is 0 Å². The summed E-state index contributed by atoms with van der Waals surface area (Å²) >= 11 is 0.